The van der Waals surface area contributed by atoms with Crippen LogP contribution in [0, 0.1) is 20.8 Å². The Morgan fingerprint density at radius 1 is 1.00 bits per heavy atom. The van der Waals surface area contributed by atoms with Crippen LogP contribution in [0.15, 0.2) is 0 Å². The van der Waals surface area contributed by atoms with Gasteiger partial charge in [-0.3, -0.25) is 0 Å². The fraction of sp³-hybridized carbons (Fsp3) is 0.500. The number of rotatable bonds is 0. The molecule has 0 amide bonds. The molecule has 0 bridgehead atoms. The average Bonchev–Trinajstić information content (AvgIpc) is 1.41. The van der Waals surface area contributed by atoms with Gasteiger partial charge in [-0.2, -0.15) is 20.8 Å². The Morgan fingerprint density at radius 3 is 1.00 bits per heavy atom. The molecule has 0 heterocycles. The molecule has 0 atom stereocenters. The van der Waals surface area contributed by atoms with Crippen LogP contribution in [0.4, 0.5) is 0 Å². The van der Waals surface area contributed by atoms with Gasteiger partial charge in [-0.15, -0.1) is 0 Å². The van der Waals surface area contributed by atoms with E-state index in [1.165, 1.54) is 5.92 Å². The Bertz CT molecular complexity index is 13.2. The summed E-state index contributed by atoms with van der Waals surface area (Å²) in [5.74, 6) is 1.42. The molecular weight excluding hydrogens is 209 g/mol. The fourth-order valence-corrected chi connectivity index (χ4v) is 0. The van der Waals surface area contributed by atoms with Gasteiger partial charge < -0.3 is 20.8 Å². The summed E-state index contributed by atoms with van der Waals surface area (Å²) in [5.41, 5.74) is 0. The summed E-state index contributed by atoms with van der Waals surface area (Å²) < 4.78 is 0. The number of halogens is 1. The van der Waals surface area contributed by atoms with E-state index in [1.807, 2.05) is 17.3 Å². The monoisotopic (exact) mass is 224 g/mol. The molecule has 0 spiro atoms. The first-order valence-electron chi connectivity index (χ1n) is 1.63. The molecule has 0 aromatic heterocycles. The van der Waals surface area contributed by atoms with Gasteiger partial charge in [0.25, 0.3) is 0 Å². The van der Waals surface area contributed by atoms with Crippen molar-refractivity contribution in [2.75, 3.05) is 0 Å². The van der Waals surface area contributed by atoms with Crippen LogP contribution >= 0.6 is 9.69 Å². The summed E-state index contributed by atoms with van der Waals surface area (Å²) in [5, 5.41) is 0. The van der Waals surface area contributed by atoms with Crippen LogP contribution < -0.4 is 0 Å². The molecule has 0 saturated carbocycles. The molecule has 2 heteroatoms. The van der Waals surface area contributed by atoms with Crippen molar-refractivity contribution < 1.29 is 17.3 Å². The average molecular weight is 224 g/mol. The Balaban J connectivity index is -0.0000000183. The Hall–Kier alpha value is 0.913. The van der Waals surface area contributed by atoms with Crippen LogP contribution in [0.5, 0.6) is 0 Å². The molecule has 0 N–H and O–H groups in total. The van der Waals surface area contributed by atoms with E-state index in [4.69, 9.17) is 0 Å². The van der Waals surface area contributed by atoms with Gasteiger partial charge in [0.15, 0.2) is 0 Å². The Morgan fingerprint density at radius 2 is 1.00 bits per heavy atom. The molecule has 8 heavy (non-hydrogen) atoms. The van der Waals surface area contributed by atoms with Crippen molar-refractivity contribution in [1.29, 1.82) is 0 Å². The number of hydrogen-bond acceptors (Lipinski definition) is 0. The van der Waals surface area contributed by atoms with Gasteiger partial charge in [-0.05, 0) is 0 Å². The fourth-order valence-electron chi connectivity index (χ4n) is 0. The van der Waals surface area contributed by atoms with Crippen molar-refractivity contribution in [3.05, 3.63) is 20.8 Å². The quantitative estimate of drug-likeness (QED) is 0.437. The van der Waals surface area contributed by atoms with Gasteiger partial charge in [0, 0.05) is 0 Å². The topological polar surface area (TPSA) is 0 Å². The zero-order valence-corrected chi connectivity index (χ0v) is 8.73. The van der Waals surface area contributed by atoms with E-state index in [-0.39, 0.29) is 14.9 Å². The van der Waals surface area contributed by atoms with E-state index >= 15 is 0 Å². The minimum atomic E-state index is 0. The third kappa shape index (κ3) is 290. The van der Waals surface area contributed by atoms with Crippen LogP contribution in [0.25, 0.3) is 0 Å². The minimum absolute atomic E-state index is 0. The first kappa shape index (κ1) is 23.1. The van der Waals surface area contributed by atoms with Gasteiger partial charge in [-0.25, -0.2) is 0 Å². The van der Waals surface area contributed by atoms with E-state index in [2.05, 4.69) is 30.5 Å². The van der Waals surface area contributed by atoms with Crippen LogP contribution in [0.3, 0.4) is 0 Å². The molecule has 54 valence electrons. The van der Waals surface area contributed by atoms with Crippen molar-refractivity contribution >= 4 is 9.69 Å². The Kier molecular flexibility index (Phi) is 71.4. The second-order valence-corrected chi connectivity index (χ2v) is 1.50. The maximum atomic E-state index is 4.57. The molecule has 0 aromatic rings. The predicted octanol–water partition coefficient (Wildman–Crippen LogP) is 3.21. The summed E-state index contributed by atoms with van der Waals surface area (Å²) in [6, 6.07) is 0. The number of hydrogen-bond donors (Lipinski definition) is 0. The molecule has 0 aliphatic rings. The SMILES string of the molecule is C[C-](C)C.[CH3-].[CH3-].[Cl][Ru+3]. The summed E-state index contributed by atoms with van der Waals surface area (Å²) >= 11 is 1.82. The standard InChI is InChI=1S/C4H9.2CH3.ClH.Ru/c1-4(2)3;;;;/h1-3H3;2*1H3;1H;/q3*-1;;+4/p-1. The van der Waals surface area contributed by atoms with Crippen molar-refractivity contribution in [3.63, 3.8) is 0 Å². The Labute approximate surface area is 68.7 Å². The summed E-state index contributed by atoms with van der Waals surface area (Å²) in [6.45, 7) is 6.25. The molecule has 0 aromatic carbocycles. The second-order valence-electron chi connectivity index (χ2n) is 1.50. The molecule has 0 nitrogen and oxygen atoms in total. The van der Waals surface area contributed by atoms with E-state index in [1.54, 1.807) is 0 Å². The van der Waals surface area contributed by atoms with E-state index in [0.717, 1.165) is 0 Å². The molecule has 0 unspecified atom stereocenters. The van der Waals surface area contributed by atoms with E-state index in [0.29, 0.717) is 0 Å². The predicted molar refractivity (Wildman–Crippen MR) is 38.9 cm³/mol. The van der Waals surface area contributed by atoms with Crippen LogP contribution in [0.2, 0.25) is 0 Å². The zero-order chi connectivity index (χ0) is 5.58. The third-order valence-corrected chi connectivity index (χ3v) is 0. The third-order valence-electron chi connectivity index (χ3n) is 0. The molecule has 0 fully saturated rings. The normalized spacial score (nSPS) is 5.12. The first-order chi connectivity index (χ1) is 2.73. The van der Waals surface area contributed by atoms with Crippen molar-refractivity contribution in [2.45, 2.75) is 20.8 Å². The van der Waals surface area contributed by atoms with Gasteiger partial charge in [0.1, 0.15) is 0 Å². The molecule has 0 saturated heterocycles. The van der Waals surface area contributed by atoms with Crippen molar-refractivity contribution in [1.82, 2.24) is 0 Å². The summed E-state index contributed by atoms with van der Waals surface area (Å²) in [6.07, 6.45) is 0. The van der Waals surface area contributed by atoms with Gasteiger partial charge in [0.05, 0.1) is 0 Å². The van der Waals surface area contributed by atoms with Crippen LogP contribution in [-0.4, -0.2) is 0 Å². The van der Waals surface area contributed by atoms with E-state index in [9.17, 15) is 0 Å². The van der Waals surface area contributed by atoms with Crippen LogP contribution in [-0.2, 0) is 17.3 Å². The zero-order valence-electron chi connectivity index (χ0n) is 6.23. The molecule has 0 aliphatic heterocycles. The molecule has 0 radical (unpaired) electrons. The summed E-state index contributed by atoms with van der Waals surface area (Å²) in [7, 11) is 4.57. The van der Waals surface area contributed by atoms with Crippen molar-refractivity contribution in [3.8, 4) is 0 Å². The molecule has 0 rings (SSSR count). The van der Waals surface area contributed by atoms with Gasteiger partial charge in [0.2, 0.25) is 0 Å². The van der Waals surface area contributed by atoms with E-state index < -0.39 is 0 Å². The first-order valence-corrected chi connectivity index (χ1v) is 3.87. The molecular formula is C6H15ClRu. The van der Waals surface area contributed by atoms with Gasteiger partial charge >= 0.3 is 27.0 Å². The van der Waals surface area contributed by atoms with Crippen LogP contribution in [0.1, 0.15) is 20.8 Å². The summed E-state index contributed by atoms with van der Waals surface area (Å²) in [4.78, 5) is 0. The second kappa shape index (κ2) is 24.7. The van der Waals surface area contributed by atoms with Gasteiger partial charge in [-0.1, -0.05) is 0 Å². The molecule has 0 aliphatic carbocycles. The van der Waals surface area contributed by atoms with Crippen molar-refractivity contribution in [2.24, 2.45) is 0 Å². The maximum absolute atomic E-state index is 4.57.